The Morgan fingerprint density at radius 2 is 1.62 bits per heavy atom. The molecule has 134 valence electrons. The summed E-state index contributed by atoms with van der Waals surface area (Å²) in [5.41, 5.74) is 0.862. The van der Waals surface area contributed by atoms with Gasteiger partial charge >= 0.3 is 6.18 Å². The maximum Gasteiger partial charge on any atom is 0.449 e. The van der Waals surface area contributed by atoms with Crippen LogP contribution in [0.3, 0.4) is 0 Å². The van der Waals surface area contributed by atoms with Gasteiger partial charge < -0.3 is 0 Å². The maximum absolute atomic E-state index is 12.4. The van der Waals surface area contributed by atoms with Gasteiger partial charge in [-0.25, -0.2) is 0 Å². The summed E-state index contributed by atoms with van der Waals surface area (Å²) in [4.78, 5) is 15.6. The van der Waals surface area contributed by atoms with Crippen molar-refractivity contribution in [3.05, 3.63) is 35.9 Å². The summed E-state index contributed by atoms with van der Waals surface area (Å²) in [6.45, 7) is 8.10. The minimum Gasteiger partial charge on any atom is -0.297 e. The Balaban J connectivity index is 1.81. The van der Waals surface area contributed by atoms with Crippen LogP contribution in [0.25, 0.3) is 0 Å². The number of carbonyl (C=O) groups excluding carboxylic acids is 1. The third-order valence-electron chi connectivity index (χ3n) is 4.76. The quantitative estimate of drug-likeness (QED) is 0.791. The molecule has 1 aliphatic heterocycles. The summed E-state index contributed by atoms with van der Waals surface area (Å²) in [7, 11) is 0. The molecule has 0 radical (unpaired) electrons. The van der Waals surface area contributed by atoms with Crippen LogP contribution in [0, 0.1) is 0 Å². The third kappa shape index (κ3) is 5.31. The molecule has 1 heterocycles. The summed E-state index contributed by atoms with van der Waals surface area (Å²) in [5.74, 6) is -1.63. The van der Waals surface area contributed by atoms with E-state index in [4.69, 9.17) is 0 Å². The molecule has 3 nitrogen and oxygen atoms in total. The van der Waals surface area contributed by atoms with Gasteiger partial charge in [0, 0.05) is 44.7 Å². The van der Waals surface area contributed by atoms with Crippen LogP contribution < -0.4 is 0 Å². The van der Waals surface area contributed by atoms with Gasteiger partial charge in [-0.1, -0.05) is 30.3 Å². The lowest BCUT2D eigenvalue weighted by Crippen LogP contribution is -2.54. The van der Waals surface area contributed by atoms with Crippen molar-refractivity contribution < 1.29 is 18.0 Å². The molecule has 1 fully saturated rings. The molecule has 0 spiro atoms. The number of ketones is 1. The fraction of sp³-hybridized carbons (Fsp3) is 0.611. The lowest BCUT2D eigenvalue weighted by Gasteiger charge is -2.44. The highest BCUT2D eigenvalue weighted by Gasteiger charge is 2.39. The van der Waals surface area contributed by atoms with E-state index in [2.05, 4.69) is 21.9 Å². The number of nitrogens with zero attached hydrogens (tertiary/aromatic N) is 2. The van der Waals surface area contributed by atoms with Crippen molar-refractivity contribution in [1.29, 1.82) is 0 Å². The van der Waals surface area contributed by atoms with Crippen LogP contribution in [0.1, 0.15) is 32.3 Å². The van der Waals surface area contributed by atoms with Gasteiger partial charge in [-0.15, -0.1) is 0 Å². The van der Waals surface area contributed by atoms with Crippen molar-refractivity contribution >= 4 is 5.78 Å². The lowest BCUT2D eigenvalue weighted by atomic mass is 9.93. The molecule has 1 aromatic rings. The van der Waals surface area contributed by atoms with Crippen molar-refractivity contribution in [1.82, 2.24) is 9.80 Å². The summed E-state index contributed by atoms with van der Waals surface area (Å²) < 4.78 is 37.1. The summed E-state index contributed by atoms with van der Waals surface area (Å²) in [6, 6.07) is 10.2. The first kappa shape index (κ1) is 18.9. The standard InChI is InChI=1S/C18H25F3N2O/c1-17(2,9-8-16(24)18(19,20)21)23-12-10-22(11-13-23)14-15-6-4-3-5-7-15/h3-7H,8-14H2,1-2H3. The van der Waals surface area contributed by atoms with E-state index in [0.717, 1.165) is 32.7 Å². The second-order valence-electron chi connectivity index (χ2n) is 6.98. The second kappa shape index (κ2) is 7.66. The van der Waals surface area contributed by atoms with Gasteiger partial charge in [-0.3, -0.25) is 14.6 Å². The minimum absolute atomic E-state index is 0.226. The average molecular weight is 342 g/mol. The molecule has 2 rings (SSSR count). The molecule has 1 aliphatic rings. The number of halogens is 3. The first-order valence-electron chi connectivity index (χ1n) is 8.30. The summed E-state index contributed by atoms with van der Waals surface area (Å²) in [5, 5.41) is 0. The Morgan fingerprint density at radius 1 is 1.04 bits per heavy atom. The van der Waals surface area contributed by atoms with Crippen molar-refractivity contribution in [3.8, 4) is 0 Å². The van der Waals surface area contributed by atoms with E-state index in [1.54, 1.807) is 0 Å². The van der Waals surface area contributed by atoms with Crippen molar-refractivity contribution in [2.45, 2.75) is 44.9 Å². The van der Waals surface area contributed by atoms with Gasteiger partial charge in [0.1, 0.15) is 0 Å². The predicted octanol–water partition coefficient (Wildman–Crippen LogP) is 3.49. The van der Waals surface area contributed by atoms with Crippen LogP contribution >= 0.6 is 0 Å². The van der Waals surface area contributed by atoms with E-state index in [-0.39, 0.29) is 6.42 Å². The summed E-state index contributed by atoms with van der Waals surface area (Å²) in [6.07, 6.45) is -4.94. The maximum atomic E-state index is 12.4. The Kier molecular flexibility index (Phi) is 6.04. The van der Waals surface area contributed by atoms with Crippen LogP contribution in [-0.4, -0.2) is 53.5 Å². The molecule has 0 unspecified atom stereocenters. The van der Waals surface area contributed by atoms with Crippen molar-refractivity contribution in [3.63, 3.8) is 0 Å². The Hall–Kier alpha value is -1.40. The number of hydrogen-bond acceptors (Lipinski definition) is 3. The molecule has 0 bridgehead atoms. The zero-order chi connectivity index (χ0) is 17.8. The summed E-state index contributed by atoms with van der Waals surface area (Å²) >= 11 is 0. The van der Waals surface area contributed by atoms with Gasteiger partial charge in [0.05, 0.1) is 0 Å². The molecule has 0 N–H and O–H groups in total. The van der Waals surface area contributed by atoms with Crippen LogP contribution in [0.15, 0.2) is 30.3 Å². The van der Waals surface area contributed by atoms with E-state index < -0.39 is 23.9 Å². The number of alkyl halides is 3. The average Bonchev–Trinajstić information content (AvgIpc) is 2.53. The van der Waals surface area contributed by atoms with E-state index >= 15 is 0 Å². The minimum atomic E-state index is -4.72. The Labute approximate surface area is 141 Å². The second-order valence-corrected chi connectivity index (χ2v) is 6.98. The molecule has 0 atom stereocenters. The molecular weight excluding hydrogens is 317 g/mol. The van der Waals surface area contributed by atoms with Crippen LogP contribution in [0.5, 0.6) is 0 Å². The monoisotopic (exact) mass is 342 g/mol. The van der Waals surface area contributed by atoms with Crippen molar-refractivity contribution in [2.24, 2.45) is 0 Å². The molecule has 24 heavy (non-hydrogen) atoms. The molecule has 0 aliphatic carbocycles. The van der Waals surface area contributed by atoms with E-state index in [1.165, 1.54) is 5.56 Å². The Morgan fingerprint density at radius 3 is 2.17 bits per heavy atom. The topological polar surface area (TPSA) is 23.6 Å². The smallest absolute Gasteiger partial charge is 0.297 e. The number of piperazine rings is 1. The number of rotatable bonds is 6. The van der Waals surface area contributed by atoms with E-state index in [1.807, 2.05) is 32.0 Å². The highest BCUT2D eigenvalue weighted by molar-refractivity contribution is 5.84. The SMILES string of the molecule is CC(C)(CCC(=O)C(F)(F)F)N1CCN(Cc2ccccc2)CC1. The van der Waals surface area contributed by atoms with Crippen molar-refractivity contribution in [2.75, 3.05) is 26.2 Å². The first-order chi connectivity index (χ1) is 11.2. The fourth-order valence-corrected chi connectivity index (χ4v) is 3.07. The number of benzene rings is 1. The number of carbonyl (C=O) groups is 1. The number of Topliss-reactive ketones (excluding diaryl/α,β-unsaturated/α-hetero) is 1. The Bertz CT molecular complexity index is 535. The van der Waals surface area contributed by atoms with Gasteiger partial charge in [0.25, 0.3) is 0 Å². The third-order valence-corrected chi connectivity index (χ3v) is 4.76. The lowest BCUT2D eigenvalue weighted by molar-refractivity contribution is -0.171. The van der Waals surface area contributed by atoms with Gasteiger partial charge in [-0.2, -0.15) is 13.2 Å². The van der Waals surface area contributed by atoms with Crippen LogP contribution in [0.4, 0.5) is 13.2 Å². The molecule has 1 saturated heterocycles. The predicted molar refractivity (Wildman–Crippen MR) is 87.7 cm³/mol. The zero-order valence-electron chi connectivity index (χ0n) is 14.3. The molecule has 0 aromatic heterocycles. The van der Waals surface area contributed by atoms with Gasteiger partial charge in [0.15, 0.2) is 0 Å². The number of hydrogen-bond donors (Lipinski definition) is 0. The molecule has 6 heteroatoms. The zero-order valence-corrected chi connectivity index (χ0v) is 14.3. The van der Waals surface area contributed by atoms with Crippen LogP contribution in [-0.2, 0) is 11.3 Å². The molecular formula is C18H25F3N2O. The van der Waals surface area contributed by atoms with E-state index in [9.17, 15) is 18.0 Å². The molecule has 0 amide bonds. The highest BCUT2D eigenvalue weighted by atomic mass is 19.4. The van der Waals surface area contributed by atoms with Gasteiger partial charge in [-0.05, 0) is 25.8 Å². The molecule has 1 aromatic carbocycles. The largest absolute Gasteiger partial charge is 0.449 e. The molecule has 0 saturated carbocycles. The highest BCUT2D eigenvalue weighted by Crippen LogP contribution is 2.26. The fourth-order valence-electron chi connectivity index (χ4n) is 3.07. The first-order valence-corrected chi connectivity index (χ1v) is 8.30. The normalized spacial score (nSPS) is 17.9. The van der Waals surface area contributed by atoms with Crippen LogP contribution in [0.2, 0.25) is 0 Å². The van der Waals surface area contributed by atoms with Gasteiger partial charge in [0.2, 0.25) is 5.78 Å². The van der Waals surface area contributed by atoms with E-state index in [0.29, 0.717) is 0 Å².